The second-order valence-electron chi connectivity index (χ2n) is 3.91. The molecule has 0 saturated carbocycles. The zero-order chi connectivity index (χ0) is 13.4. The van der Waals surface area contributed by atoms with Crippen LogP contribution in [0.2, 0.25) is 0 Å². The van der Waals surface area contributed by atoms with Gasteiger partial charge >= 0.3 is 5.97 Å². The predicted molar refractivity (Wildman–Crippen MR) is 76.3 cm³/mol. The van der Waals surface area contributed by atoms with Crippen LogP contribution >= 0.6 is 11.8 Å². The predicted octanol–water partition coefficient (Wildman–Crippen LogP) is 2.81. The molecule has 0 aliphatic rings. The molecule has 5 heteroatoms. The minimum atomic E-state index is -0.326. The lowest BCUT2D eigenvalue weighted by Crippen LogP contribution is -2.09. The van der Waals surface area contributed by atoms with Crippen molar-refractivity contribution < 1.29 is 9.53 Å². The molecule has 18 heavy (non-hydrogen) atoms. The number of thioether (sulfide) groups is 1. The topological polar surface area (TPSA) is 51.2 Å². The molecule has 0 radical (unpaired) electrons. The van der Waals surface area contributed by atoms with Gasteiger partial charge in [-0.15, -0.1) is 0 Å². The standard InChI is InChI=1S/C13H20N2O2S/c1-4-17-13(16)11-5-6-12(15-9-11)14-8-7-10(2)18-3/h5-6,9-10H,4,7-8H2,1-3H3,(H,14,15). The van der Waals surface area contributed by atoms with E-state index in [-0.39, 0.29) is 5.97 Å². The Morgan fingerprint density at radius 3 is 2.89 bits per heavy atom. The molecule has 0 bridgehead atoms. The Morgan fingerprint density at radius 2 is 2.33 bits per heavy atom. The molecular weight excluding hydrogens is 248 g/mol. The number of rotatable bonds is 7. The smallest absolute Gasteiger partial charge is 0.339 e. The largest absolute Gasteiger partial charge is 0.462 e. The molecular formula is C13H20N2O2S. The number of nitrogens with one attached hydrogen (secondary N) is 1. The Labute approximate surface area is 113 Å². The second-order valence-corrected chi connectivity index (χ2v) is 5.19. The Hall–Kier alpha value is -1.23. The molecule has 4 nitrogen and oxygen atoms in total. The Balaban J connectivity index is 2.43. The van der Waals surface area contributed by atoms with E-state index in [4.69, 9.17) is 4.74 Å². The molecule has 0 amide bonds. The van der Waals surface area contributed by atoms with Crippen LogP contribution in [0.4, 0.5) is 5.82 Å². The van der Waals surface area contributed by atoms with Gasteiger partial charge in [0.05, 0.1) is 12.2 Å². The highest BCUT2D eigenvalue weighted by molar-refractivity contribution is 7.99. The number of carbonyl (C=O) groups is 1. The SMILES string of the molecule is CCOC(=O)c1ccc(NCCC(C)SC)nc1. The average Bonchev–Trinajstić information content (AvgIpc) is 2.39. The summed E-state index contributed by atoms with van der Waals surface area (Å²) in [6, 6.07) is 3.53. The highest BCUT2D eigenvalue weighted by Gasteiger charge is 2.06. The molecule has 0 aliphatic carbocycles. The number of ether oxygens (including phenoxy) is 1. The summed E-state index contributed by atoms with van der Waals surface area (Å²) < 4.78 is 4.89. The van der Waals surface area contributed by atoms with Crippen LogP contribution in [0.5, 0.6) is 0 Å². The fourth-order valence-electron chi connectivity index (χ4n) is 1.35. The van der Waals surface area contributed by atoms with Crippen molar-refractivity contribution in [1.82, 2.24) is 4.98 Å². The summed E-state index contributed by atoms with van der Waals surface area (Å²) in [7, 11) is 0. The van der Waals surface area contributed by atoms with Gasteiger partial charge in [-0.1, -0.05) is 6.92 Å². The molecule has 100 valence electrons. The van der Waals surface area contributed by atoms with Crippen LogP contribution in [-0.4, -0.2) is 35.6 Å². The maximum absolute atomic E-state index is 11.4. The van der Waals surface area contributed by atoms with Crippen LogP contribution in [0, 0.1) is 0 Å². The number of hydrogen-bond donors (Lipinski definition) is 1. The number of aromatic nitrogens is 1. The Morgan fingerprint density at radius 1 is 1.56 bits per heavy atom. The molecule has 0 aliphatic heterocycles. The Bertz CT molecular complexity index is 368. The quantitative estimate of drug-likeness (QED) is 0.771. The van der Waals surface area contributed by atoms with Gasteiger partial charge in [-0.05, 0) is 31.7 Å². The van der Waals surface area contributed by atoms with Gasteiger partial charge in [0.15, 0.2) is 0 Å². The zero-order valence-electron chi connectivity index (χ0n) is 11.1. The van der Waals surface area contributed by atoms with E-state index in [1.165, 1.54) is 0 Å². The van der Waals surface area contributed by atoms with Crippen molar-refractivity contribution in [2.75, 3.05) is 24.7 Å². The summed E-state index contributed by atoms with van der Waals surface area (Å²) in [5, 5.41) is 3.87. The van der Waals surface area contributed by atoms with Crippen molar-refractivity contribution in [3.05, 3.63) is 23.9 Å². The third-order valence-corrected chi connectivity index (χ3v) is 3.57. The minimum absolute atomic E-state index is 0.326. The van der Waals surface area contributed by atoms with E-state index >= 15 is 0 Å². The van der Waals surface area contributed by atoms with E-state index in [1.54, 1.807) is 25.3 Å². The summed E-state index contributed by atoms with van der Waals surface area (Å²) in [6.45, 7) is 5.25. The number of hydrogen-bond acceptors (Lipinski definition) is 5. The number of pyridine rings is 1. The zero-order valence-corrected chi connectivity index (χ0v) is 11.9. The molecule has 0 spiro atoms. The van der Waals surface area contributed by atoms with Crippen molar-refractivity contribution in [1.29, 1.82) is 0 Å². The highest BCUT2D eigenvalue weighted by Crippen LogP contribution is 2.11. The maximum atomic E-state index is 11.4. The molecule has 1 N–H and O–H groups in total. The van der Waals surface area contributed by atoms with Gasteiger partial charge in [0.25, 0.3) is 0 Å². The van der Waals surface area contributed by atoms with E-state index in [2.05, 4.69) is 23.5 Å². The van der Waals surface area contributed by atoms with Crippen LogP contribution in [0.15, 0.2) is 18.3 Å². The fraction of sp³-hybridized carbons (Fsp3) is 0.538. The summed E-state index contributed by atoms with van der Waals surface area (Å²) in [5.74, 6) is 0.462. The first kappa shape index (κ1) is 14.8. The van der Waals surface area contributed by atoms with Crippen molar-refractivity contribution in [2.45, 2.75) is 25.5 Å². The molecule has 0 fully saturated rings. The number of anilines is 1. The first-order chi connectivity index (χ1) is 8.67. The molecule has 1 rings (SSSR count). The Kier molecular flexibility index (Phi) is 6.57. The first-order valence-corrected chi connectivity index (χ1v) is 7.36. The third kappa shape index (κ3) is 4.96. The number of carbonyl (C=O) groups excluding carboxylic acids is 1. The van der Waals surface area contributed by atoms with Gasteiger partial charge < -0.3 is 10.1 Å². The molecule has 1 unspecified atom stereocenters. The van der Waals surface area contributed by atoms with E-state index in [0.29, 0.717) is 17.4 Å². The van der Waals surface area contributed by atoms with Gasteiger partial charge in [-0.2, -0.15) is 11.8 Å². The summed E-state index contributed by atoms with van der Waals surface area (Å²) >= 11 is 1.85. The van der Waals surface area contributed by atoms with Crippen molar-refractivity contribution in [3.8, 4) is 0 Å². The number of esters is 1. The van der Waals surface area contributed by atoms with Gasteiger partial charge in [0, 0.05) is 18.0 Å². The van der Waals surface area contributed by atoms with Gasteiger partial charge in [-0.25, -0.2) is 9.78 Å². The monoisotopic (exact) mass is 268 g/mol. The van der Waals surface area contributed by atoms with Crippen LogP contribution in [-0.2, 0) is 4.74 Å². The molecule has 1 heterocycles. The average molecular weight is 268 g/mol. The van der Waals surface area contributed by atoms with Crippen LogP contribution < -0.4 is 5.32 Å². The summed E-state index contributed by atoms with van der Waals surface area (Å²) in [4.78, 5) is 15.6. The van der Waals surface area contributed by atoms with Crippen molar-refractivity contribution in [3.63, 3.8) is 0 Å². The lowest BCUT2D eigenvalue weighted by Gasteiger charge is -2.09. The normalized spacial score (nSPS) is 11.9. The molecule has 1 aromatic heterocycles. The van der Waals surface area contributed by atoms with E-state index in [9.17, 15) is 4.79 Å². The lowest BCUT2D eigenvalue weighted by atomic mass is 10.3. The molecule has 1 aromatic rings. The number of nitrogens with zero attached hydrogens (tertiary/aromatic N) is 1. The van der Waals surface area contributed by atoms with Gasteiger partial charge in [-0.3, -0.25) is 0 Å². The maximum Gasteiger partial charge on any atom is 0.339 e. The first-order valence-electron chi connectivity index (χ1n) is 6.07. The van der Waals surface area contributed by atoms with Crippen LogP contribution in [0.1, 0.15) is 30.6 Å². The lowest BCUT2D eigenvalue weighted by molar-refractivity contribution is 0.0526. The third-order valence-electron chi connectivity index (χ3n) is 2.53. The summed E-state index contributed by atoms with van der Waals surface area (Å²) in [6.07, 6.45) is 4.73. The highest BCUT2D eigenvalue weighted by atomic mass is 32.2. The molecule has 0 saturated heterocycles. The van der Waals surface area contributed by atoms with Crippen molar-refractivity contribution in [2.24, 2.45) is 0 Å². The van der Waals surface area contributed by atoms with Crippen LogP contribution in [0.3, 0.4) is 0 Å². The van der Waals surface area contributed by atoms with Crippen LogP contribution in [0.25, 0.3) is 0 Å². The minimum Gasteiger partial charge on any atom is -0.462 e. The van der Waals surface area contributed by atoms with E-state index in [1.807, 2.05) is 11.8 Å². The second kappa shape index (κ2) is 7.97. The fourth-order valence-corrected chi connectivity index (χ4v) is 1.71. The van der Waals surface area contributed by atoms with E-state index in [0.717, 1.165) is 18.8 Å². The van der Waals surface area contributed by atoms with E-state index < -0.39 is 0 Å². The summed E-state index contributed by atoms with van der Waals surface area (Å²) in [5.41, 5.74) is 0.486. The van der Waals surface area contributed by atoms with Gasteiger partial charge in [0.2, 0.25) is 0 Å². The van der Waals surface area contributed by atoms with Gasteiger partial charge in [0.1, 0.15) is 5.82 Å². The molecule has 1 atom stereocenters. The van der Waals surface area contributed by atoms with Crippen molar-refractivity contribution >= 4 is 23.5 Å². The molecule has 0 aromatic carbocycles.